The van der Waals surface area contributed by atoms with Crippen LogP contribution in [0.3, 0.4) is 0 Å². The van der Waals surface area contributed by atoms with Crippen molar-refractivity contribution in [1.82, 2.24) is 0 Å². The van der Waals surface area contributed by atoms with E-state index in [9.17, 15) is 4.79 Å². The van der Waals surface area contributed by atoms with Gasteiger partial charge in [-0.1, -0.05) is 0 Å². The third-order valence-corrected chi connectivity index (χ3v) is 1.57. The highest BCUT2D eigenvalue weighted by Gasteiger charge is 2.33. The summed E-state index contributed by atoms with van der Waals surface area (Å²) in [5.41, 5.74) is 0. The Bertz CT molecular complexity index is 157. The molecule has 11 heavy (non-hydrogen) atoms. The number of carboxylic acids is 1. The Morgan fingerprint density at radius 3 is 2.55 bits per heavy atom. The highest BCUT2D eigenvalue weighted by molar-refractivity contribution is 5.73. The van der Waals surface area contributed by atoms with E-state index in [-0.39, 0.29) is 13.0 Å². The van der Waals surface area contributed by atoms with Crippen molar-refractivity contribution in [2.24, 2.45) is 0 Å². The molecule has 0 aromatic heterocycles. The molecule has 0 amide bonds. The van der Waals surface area contributed by atoms with Crippen molar-refractivity contribution < 1.29 is 24.9 Å². The zero-order chi connectivity index (χ0) is 8.43. The molecule has 0 saturated carbocycles. The number of ether oxygens (including phenoxy) is 1. The van der Waals surface area contributed by atoms with E-state index in [0.717, 1.165) is 0 Å². The van der Waals surface area contributed by atoms with Crippen molar-refractivity contribution in [1.29, 1.82) is 0 Å². The highest BCUT2D eigenvalue weighted by atomic mass is 16.5. The predicted molar refractivity (Wildman–Crippen MR) is 34.0 cm³/mol. The summed E-state index contributed by atoms with van der Waals surface area (Å²) in [6.07, 6.45) is -2.97. The van der Waals surface area contributed by atoms with Crippen molar-refractivity contribution in [3.05, 3.63) is 0 Å². The second kappa shape index (κ2) is 3.17. The Morgan fingerprint density at radius 2 is 2.09 bits per heavy atom. The Morgan fingerprint density at radius 1 is 1.45 bits per heavy atom. The normalized spacial score (nSPS) is 38.5. The van der Waals surface area contributed by atoms with Crippen LogP contribution in [0, 0.1) is 0 Å². The maximum Gasteiger partial charge on any atom is 0.335 e. The lowest BCUT2D eigenvalue weighted by Gasteiger charge is -2.27. The first kappa shape index (κ1) is 8.45. The maximum absolute atomic E-state index is 10.3. The number of aliphatic carboxylic acids is 1. The van der Waals surface area contributed by atoms with Gasteiger partial charge in [-0.3, -0.25) is 0 Å². The molecular formula is C6H10O5. The first-order valence-corrected chi connectivity index (χ1v) is 3.32. The van der Waals surface area contributed by atoms with Crippen molar-refractivity contribution in [2.45, 2.75) is 24.7 Å². The van der Waals surface area contributed by atoms with Gasteiger partial charge in [-0.15, -0.1) is 0 Å². The number of hydrogen-bond acceptors (Lipinski definition) is 4. The molecular weight excluding hydrogens is 152 g/mol. The number of carbonyl (C=O) groups is 1. The molecule has 1 aliphatic rings. The zero-order valence-corrected chi connectivity index (χ0v) is 5.80. The van der Waals surface area contributed by atoms with Gasteiger partial charge in [0.25, 0.3) is 0 Å². The standard InChI is InChI=1S/C6H10O5/c7-3-1-4(8)5(6(9)10)11-2-3/h3-5,7-8H,1-2H2,(H,9,10)/t3?,4?,5-/m0/s1. The number of aliphatic hydroxyl groups excluding tert-OH is 2. The van der Waals surface area contributed by atoms with Gasteiger partial charge in [0.2, 0.25) is 0 Å². The average molecular weight is 162 g/mol. The van der Waals surface area contributed by atoms with Gasteiger partial charge in [0, 0.05) is 6.42 Å². The Balaban J connectivity index is 2.50. The molecule has 3 atom stereocenters. The molecule has 5 heteroatoms. The van der Waals surface area contributed by atoms with Crippen LogP contribution in [-0.4, -0.2) is 46.2 Å². The minimum Gasteiger partial charge on any atom is -0.479 e. The third-order valence-electron chi connectivity index (χ3n) is 1.57. The summed E-state index contributed by atoms with van der Waals surface area (Å²) < 4.78 is 4.66. The van der Waals surface area contributed by atoms with E-state index in [2.05, 4.69) is 4.74 Å². The number of carboxylic acid groups (broad SMARTS) is 1. The number of rotatable bonds is 1. The summed E-state index contributed by atoms with van der Waals surface area (Å²) in [5.74, 6) is -1.19. The van der Waals surface area contributed by atoms with Crippen LogP contribution >= 0.6 is 0 Å². The minimum atomic E-state index is -1.19. The van der Waals surface area contributed by atoms with Crippen molar-refractivity contribution >= 4 is 5.97 Å². The summed E-state index contributed by atoms with van der Waals surface area (Å²) in [6, 6.07) is 0. The lowest BCUT2D eigenvalue weighted by atomic mass is 10.0. The molecule has 1 fully saturated rings. The Kier molecular flexibility index (Phi) is 2.43. The van der Waals surface area contributed by atoms with Crippen LogP contribution in [0.25, 0.3) is 0 Å². The van der Waals surface area contributed by atoms with Crippen LogP contribution in [0.5, 0.6) is 0 Å². The fraction of sp³-hybridized carbons (Fsp3) is 0.833. The van der Waals surface area contributed by atoms with Crippen molar-refractivity contribution in [3.63, 3.8) is 0 Å². The summed E-state index contributed by atoms with van der Waals surface area (Å²) in [7, 11) is 0. The van der Waals surface area contributed by atoms with Gasteiger partial charge in [-0.2, -0.15) is 0 Å². The van der Waals surface area contributed by atoms with E-state index in [1.54, 1.807) is 0 Å². The molecule has 3 N–H and O–H groups in total. The van der Waals surface area contributed by atoms with Crippen LogP contribution < -0.4 is 0 Å². The fourth-order valence-corrected chi connectivity index (χ4v) is 1.03. The molecule has 0 aromatic carbocycles. The first-order chi connectivity index (χ1) is 5.11. The van der Waals surface area contributed by atoms with Crippen LogP contribution in [-0.2, 0) is 9.53 Å². The molecule has 1 rings (SSSR count). The maximum atomic E-state index is 10.3. The van der Waals surface area contributed by atoms with E-state index in [4.69, 9.17) is 15.3 Å². The monoisotopic (exact) mass is 162 g/mol. The highest BCUT2D eigenvalue weighted by Crippen LogP contribution is 2.14. The van der Waals surface area contributed by atoms with E-state index in [0.29, 0.717) is 0 Å². The molecule has 5 nitrogen and oxygen atoms in total. The van der Waals surface area contributed by atoms with E-state index in [1.165, 1.54) is 0 Å². The van der Waals surface area contributed by atoms with Crippen LogP contribution in [0.15, 0.2) is 0 Å². The quantitative estimate of drug-likeness (QED) is 0.440. The van der Waals surface area contributed by atoms with Gasteiger partial charge in [-0.05, 0) is 0 Å². The van der Waals surface area contributed by atoms with Gasteiger partial charge in [0.05, 0.1) is 18.8 Å². The molecule has 64 valence electrons. The Labute approximate surface area is 63.2 Å². The zero-order valence-electron chi connectivity index (χ0n) is 5.80. The van der Waals surface area contributed by atoms with Gasteiger partial charge < -0.3 is 20.1 Å². The van der Waals surface area contributed by atoms with E-state index in [1.807, 2.05) is 0 Å². The summed E-state index contributed by atoms with van der Waals surface area (Å²) in [5, 5.41) is 26.4. The molecule has 0 aliphatic carbocycles. The molecule has 0 spiro atoms. The fourth-order valence-electron chi connectivity index (χ4n) is 1.03. The number of hydrogen-bond donors (Lipinski definition) is 3. The number of aliphatic hydroxyl groups is 2. The lowest BCUT2D eigenvalue weighted by Crippen LogP contribution is -2.45. The molecule has 1 heterocycles. The molecule has 0 aromatic rings. The lowest BCUT2D eigenvalue weighted by molar-refractivity contribution is -0.173. The first-order valence-electron chi connectivity index (χ1n) is 3.32. The van der Waals surface area contributed by atoms with Crippen molar-refractivity contribution in [3.8, 4) is 0 Å². The smallest absolute Gasteiger partial charge is 0.335 e. The summed E-state index contributed by atoms with van der Waals surface area (Å²) in [6.45, 7) is -0.0198. The second-order valence-electron chi connectivity index (χ2n) is 2.55. The third kappa shape index (κ3) is 1.89. The van der Waals surface area contributed by atoms with Gasteiger partial charge in [-0.25, -0.2) is 4.79 Å². The molecule has 1 aliphatic heterocycles. The van der Waals surface area contributed by atoms with Gasteiger partial charge in [0.15, 0.2) is 6.10 Å². The molecule has 0 bridgehead atoms. The minimum absolute atomic E-state index is 0.0198. The second-order valence-corrected chi connectivity index (χ2v) is 2.55. The Hall–Kier alpha value is -0.650. The SMILES string of the molecule is O=C(O)[C@H]1OCC(O)CC1O. The van der Waals surface area contributed by atoms with Gasteiger partial charge >= 0.3 is 5.97 Å². The van der Waals surface area contributed by atoms with Crippen LogP contribution in [0.2, 0.25) is 0 Å². The van der Waals surface area contributed by atoms with E-state index < -0.39 is 24.3 Å². The van der Waals surface area contributed by atoms with Crippen LogP contribution in [0.4, 0.5) is 0 Å². The molecule has 1 saturated heterocycles. The predicted octanol–water partition coefficient (Wildman–Crippen LogP) is -1.42. The average Bonchev–Trinajstić information content (AvgIpc) is 1.85. The molecule has 2 unspecified atom stereocenters. The largest absolute Gasteiger partial charge is 0.479 e. The summed E-state index contributed by atoms with van der Waals surface area (Å²) in [4.78, 5) is 10.3. The van der Waals surface area contributed by atoms with Crippen LogP contribution in [0.1, 0.15) is 6.42 Å². The van der Waals surface area contributed by atoms with Gasteiger partial charge in [0.1, 0.15) is 0 Å². The molecule has 0 radical (unpaired) electrons. The summed E-state index contributed by atoms with van der Waals surface area (Å²) >= 11 is 0. The van der Waals surface area contributed by atoms with E-state index >= 15 is 0 Å². The van der Waals surface area contributed by atoms with Crippen molar-refractivity contribution in [2.75, 3.05) is 6.61 Å². The topological polar surface area (TPSA) is 87.0 Å².